The Morgan fingerprint density at radius 2 is 1.74 bits per heavy atom. The molecule has 11 heteroatoms. The quantitative estimate of drug-likeness (QED) is 0.685. The molecule has 0 bridgehead atoms. The van der Waals surface area contributed by atoms with Crippen molar-refractivity contribution in [3.05, 3.63) is 36.0 Å². The average Bonchev–Trinajstić information content (AvgIpc) is 3.31. The van der Waals surface area contributed by atoms with Crippen molar-refractivity contribution in [2.75, 3.05) is 42.6 Å². The Morgan fingerprint density at radius 1 is 1.04 bits per heavy atom. The van der Waals surface area contributed by atoms with Gasteiger partial charge in [0.25, 0.3) is 0 Å². The van der Waals surface area contributed by atoms with E-state index >= 15 is 0 Å². The Bertz CT molecular complexity index is 986. The summed E-state index contributed by atoms with van der Waals surface area (Å²) in [6.07, 6.45) is 3.36. The van der Waals surface area contributed by atoms with Crippen LogP contribution in [0.25, 0.3) is 0 Å². The molecule has 0 N–H and O–H groups in total. The van der Waals surface area contributed by atoms with Crippen molar-refractivity contribution in [1.29, 1.82) is 0 Å². The van der Waals surface area contributed by atoms with Crippen LogP contribution in [0.15, 0.2) is 40.2 Å². The van der Waals surface area contributed by atoms with E-state index in [0.717, 1.165) is 11.3 Å². The first-order valence-corrected chi connectivity index (χ1v) is 12.9. The lowest BCUT2D eigenvalue weighted by molar-refractivity contribution is 0.201. The highest BCUT2D eigenvalue weighted by atomic mass is 32.2. The van der Waals surface area contributed by atoms with Gasteiger partial charge in [0.05, 0.1) is 16.8 Å². The smallest absolute Gasteiger partial charge is 0.225 e. The van der Waals surface area contributed by atoms with Crippen LogP contribution in [-0.4, -0.2) is 80.7 Å². The minimum Gasteiger partial charge on any atom is -0.338 e. The van der Waals surface area contributed by atoms with Crippen molar-refractivity contribution in [2.45, 2.75) is 15.5 Å². The van der Waals surface area contributed by atoms with Crippen molar-refractivity contribution in [3.8, 4) is 0 Å². The van der Waals surface area contributed by atoms with Gasteiger partial charge in [0.2, 0.25) is 5.95 Å². The molecule has 4 heterocycles. The zero-order valence-corrected chi connectivity index (χ0v) is 17.0. The van der Waals surface area contributed by atoms with Crippen LogP contribution in [0.1, 0.15) is 0 Å². The highest BCUT2D eigenvalue weighted by molar-refractivity contribution is 7.97. The van der Waals surface area contributed by atoms with E-state index in [1.165, 1.54) is 0 Å². The van der Waals surface area contributed by atoms with Gasteiger partial charge in [-0.15, -0.1) is 11.3 Å². The van der Waals surface area contributed by atoms with Crippen LogP contribution >= 0.6 is 11.3 Å². The molecule has 2 fully saturated rings. The maximum absolute atomic E-state index is 13.0. The van der Waals surface area contributed by atoms with E-state index in [4.69, 9.17) is 0 Å². The number of thiophene rings is 1. The molecule has 2 unspecified atom stereocenters. The number of sulfone groups is 2. The van der Waals surface area contributed by atoms with Gasteiger partial charge in [-0.2, -0.15) is 0 Å². The largest absolute Gasteiger partial charge is 0.338 e. The number of rotatable bonds is 4. The molecule has 27 heavy (non-hydrogen) atoms. The van der Waals surface area contributed by atoms with E-state index in [2.05, 4.69) is 9.97 Å². The first kappa shape index (κ1) is 18.8. The third-order valence-electron chi connectivity index (χ3n) is 5.06. The Hall–Kier alpha value is -1.56. The van der Waals surface area contributed by atoms with E-state index in [-0.39, 0.29) is 15.7 Å². The third-order valence-corrected chi connectivity index (χ3v) is 10.6. The van der Waals surface area contributed by atoms with Gasteiger partial charge in [-0.3, -0.25) is 4.90 Å². The van der Waals surface area contributed by atoms with Gasteiger partial charge in [-0.1, -0.05) is 6.07 Å². The number of nitrogens with zero attached hydrogens (tertiary/aromatic N) is 4. The second-order valence-corrected chi connectivity index (χ2v) is 12.2. The molecular weight excluding hydrogens is 408 g/mol. The summed E-state index contributed by atoms with van der Waals surface area (Å²) in [6, 6.07) is 4.46. The van der Waals surface area contributed by atoms with Crippen molar-refractivity contribution >= 4 is 37.0 Å². The van der Waals surface area contributed by atoms with Crippen LogP contribution in [-0.2, 0) is 19.7 Å². The maximum atomic E-state index is 13.0. The molecule has 2 aromatic heterocycles. The molecule has 8 nitrogen and oxygen atoms in total. The summed E-state index contributed by atoms with van der Waals surface area (Å²) in [4.78, 5) is 12.5. The second kappa shape index (κ2) is 7.12. The van der Waals surface area contributed by atoms with Crippen LogP contribution in [0.2, 0.25) is 0 Å². The number of piperazine rings is 1. The summed E-state index contributed by atoms with van der Waals surface area (Å²) in [5.41, 5.74) is 0. The monoisotopic (exact) mass is 428 g/mol. The molecule has 0 radical (unpaired) electrons. The van der Waals surface area contributed by atoms with E-state index in [0.29, 0.717) is 32.1 Å². The number of hydrogen-bond donors (Lipinski definition) is 0. The molecule has 2 aliphatic heterocycles. The normalized spacial score (nSPS) is 26.3. The highest BCUT2D eigenvalue weighted by Gasteiger charge is 2.49. The highest BCUT2D eigenvalue weighted by Crippen LogP contribution is 2.31. The summed E-state index contributed by atoms with van der Waals surface area (Å²) in [7, 11) is -7.06. The van der Waals surface area contributed by atoms with Crippen molar-refractivity contribution in [1.82, 2.24) is 14.9 Å². The molecule has 0 saturated carbocycles. The molecule has 2 saturated heterocycles. The first-order valence-electron chi connectivity index (χ1n) is 8.61. The van der Waals surface area contributed by atoms with E-state index in [1.807, 2.05) is 9.80 Å². The van der Waals surface area contributed by atoms with Crippen LogP contribution in [0.3, 0.4) is 0 Å². The molecule has 2 aromatic rings. The standard InChI is InChI=1S/C16H20N4O4S3/c21-26(22)11-13(14(12-26)27(23,24)15-3-1-10-25-15)19-6-8-20(9-7-19)16-17-4-2-5-18-16/h1-5,10,13-14H,6-9,11-12H2. The first-order chi connectivity index (χ1) is 12.9. The number of aromatic nitrogens is 2. The van der Waals surface area contributed by atoms with E-state index in [1.54, 1.807) is 36.0 Å². The Labute approximate surface area is 162 Å². The molecule has 146 valence electrons. The lowest BCUT2D eigenvalue weighted by Crippen LogP contribution is -2.55. The molecule has 2 aliphatic rings. The second-order valence-electron chi connectivity index (χ2n) is 6.73. The molecule has 0 aromatic carbocycles. The van der Waals surface area contributed by atoms with Gasteiger partial charge in [0.1, 0.15) is 4.21 Å². The zero-order chi connectivity index (χ0) is 19.1. The van der Waals surface area contributed by atoms with Crippen LogP contribution in [0.4, 0.5) is 5.95 Å². The van der Waals surface area contributed by atoms with Crippen molar-refractivity contribution in [3.63, 3.8) is 0 Å². The molecule has 2 atom stereocenters. The van der Waals surface area contributed by atoms with Gasteiger partial charge < -0.3 is 4.90 Å². The molecular formula is C16H20N4O4S3. The summed E-state index contributed by atoms with van der Waals surface area (Å²) < 4.78 is 50.8. The zero-order valence-electron chi connectivity index (χ0n) is 14.5. The summed E-state index contributed by atoms with van der Waals surface area (Å²) in [5.74, 6) is 0.225. The van der Waals surface area contributed by atoms with E-state index in [9.17, 15) is 16.8 Å². The Kier molecular flexibility index (Phi) is 4.95. The van der Waals surface area contributed by atoms with E-state index < -0.39 is 31.0 Å². The van der Waals surface area contributed by atoms with Crippen molar-refractivity contribution < 1.29 is 16.8 Å². The molecule has 4 rings (SSSR count). The minimum atomic E-state index is -3.67. The topological polar surface area (TPSA) is 101 Å². The molecule has 0 amide bonds. The molecule has 0 spiro atoms. The summed E-state index contributed by atoms with van der Waals surface area (Å²) in [6.45, 7) is 2.42. The average molecular weight is 429 g/mol. The number of anilines is 1. The van der Waals surface area contributed by atoms with Gasteiger partial charge in [0.15, 0.2) is 19.7 Å². The fraction of sp³-hybridized carbons (Fsp3) is 0.500. The lowest BCUT2D eigenvalue weighted by atomic mass is 10.2. The fourth-order valence-corrected chi connectivity index (χ4v) is 9.77. The maximum Gasteiger partial charge on any atom is 0.225 e. The van der Waals surface area contributed by atoms with Gasteiger partial charge in [-0.25, -0.2) is 26.8 Å². The van der Waals surface area contributed by atoms with Gasteiger partial charge in [-0.05, 0) is 17.5 Å². The van der Waals surface area contributed by atoms with Crippen LogP contribution < -0.4 is 4.90 Å². The summed E-state index contributed by atoms with van der Waals surface area (Å²) >= 11 is 1.14. The Morgan fingerprint density at radius 3 is 2.37 bits per heavy atom. The Balaban J connectivity index is 1.54. The SMILES string of the molecule is O=S1(=O)CC(N2CCN(c3ncccn3)CC2)C(S(=O)(=O)c2cccs2)C1. The summed E-state index contributed by atoms with van der Waals surface area (Å²) in [5, 5.41) is 0.782. The fourth-order valence-electron chi connectivity index (χ4n) is 3.72. The van der Waals surface area contributed by atoms with Crippen LogP contribution in [0.5, 0.6) is 0 Å². The van der Waals surface area contributed by atoms with Crippen molar-refractivity contribution in [2.24, 2.45) is 0 Å². The number of hydrogen-bond acceptors (Lipinski definition) is 9. The third kappa shape index (κ3) is 3.73. The lowest BCUT2D eigenvalue weighted by Gasteiger charge is -2.39. The molecule has 0 aliphatic carbocycles. The minimum absolute atomic E-state index is 0.107. The predicted octanol–water partition coefficient (Wildman–Crippen LogP) is 0.300. The van der Waals surface area contributed by atoms with Gasteiger partial charge in [0, 0.05) is 44.6 Å². The van der Waals surface area contributed by atoms with Crippen LogP contribution in [0, 0.1) is 0 Å². The predicted molar refractivity (Wildman–Crippen MR) is 104 cm³/mol. The van der Waals surface area contributed by atoms with Gasteiger partial charge >= 0.3 is 0 Å².